The van der Waals surface area contributed by atoms with Crippen LogP contribution >= 0.6 is 0 Å². The summed E-state index contributed by atoms with van der Waals surface area (Å²) in [5, 5.41) is 1.20. The Kier molecular flexibility index (Phi) is 1.84. The van der Waals surface area contributed by atoms with Crippen LogP contribution < -0.4 is 0 Å². The van der Waals surface area contributed by atoms with Gasteiger partial charge in [0, 0.05) is 11.1 Å². The molecule has 3 rings (SSSR count). The first-order valence-electron chi connectivity index (χ1n) is 5.64. The van der Waals surface area contributed by atoms with E-state index >= 15 is 0 Å². The lowest BCUT2D eigenvalue weighted by Crippen LogP contribution is -2.04. The van der Waals surface area contributed by atoms with Crippen LogP contribution in [0.25, 0.3) is 11.1 Å². The summed E-state index contributed by atoms with van der Waals surface area (Å²) in [5.74, 6) is 1.000. The van der Waals surface area contributed by atoms with E-state index in [1.165, 1.54) is 41.5 Å². The fraction of sp³-hybridized carbons (Fsp3) is 0.462. The van der Waals surface area contributed by atoms with Crippen LogP contribution in [0, 0.1) is 13.8 Å². The largest absolute Gasteiger partial charge is 0.443 e. The first kappa shape index (κ1) is 8.96. The van der Waals surface area contributed by atoms with Crippen molar-refractivity contribution in [2.75, 3.05) is 0 Å². The van der Waals surface area contributed by atoms with E-state index in [-0.39, 0.29) is 0 Å². The summed E-state index contributed by atoms with van der Waals surface area (Å²) in [6.07, 6.45) is 4.87. The van der Waals surface area contributed by atoms with Crippen LogP contribution in [0.4, 0.5) is 0 Å². The molecule has 0 saturated carbocycles. The topological polar surface area (TPSA) is 26.0 Å². The van der Waals surface area contributed by atoms with Gasteiger partial charge in [-0.15, -0.1) is 0 Å². The third-order valence-corrected chi connectivity index (χ3v) is 3.45. The molecule has 0 spiro atoms. The van der Waals surface area contributed by atoms with Gasteiger partial charge in [-0.1, -0.05) is 0 Å². The van der Waals surface area contributed by atoms with Crippen molar-refractivity contribution < 1.29 is 4.42 Å². The number of hydrogen-bond donors (Lipinski definition) is 0. The maximum absolute atomic E-state index is 5.65. The van der Waals surface area contributed by atoms with Crippen LogP contribution in [-0.2, 0) is 12.8 Å². The molecule has 0 fully saturated rings. The molecule has 0 N–H and O–H groups in total. The van der Waals surface area contributed by atoms with Crippen LogP contribution in [-0.4, -0.2) is 4.98 Å². The second-order valence-electron chi connectivity index (χ2n) is 4.44. The van der Waals surface area contributed by atoms with E-state index < -0.39 is 0 Å². The number of furan rings is 1. The lowest BCUT2D eigenvalue weighted by atomic mass is 9.95. The molecule has 78 valence electrons. The van der Waals surface area contributed by atoms with Gasteiger partial charge in [-0.05, 0) is 56.7 Å². The number of fused-ring (bicyclic) bond motifs is 2. The van der Waals surface area contributed by atoms with E-state index in [9.17, 15) is 0 Å². The van der Waals surface area contributed by atoms with Gasteiger partial charge in [-0.25, -0.2) is 4.98 Å². The van der Waals surface area contributed by atoms with Crippen molar-refractivity contribution in [3.63, 3.8) is 0 Å². The average molecular weight is 201 g/mol. The van der Waals surface area contributed by atoms with Gasteiger partial charge >= 0.3 is 0 Å². The van der Waals surface area contributed by atoms with Crippen molar-refractivity contribution in [2.45, 2.75) is 39.5 Å². The third kappa shape index (κ3) is 1.28. The van der Waals surface area contributed by atoms with E-state index in [1.54, 1.807) is 0 Å². The highest BCUT2D eigenvalue weighted by molar-refractivity contribution is 5.79. The summed E-state index contributed by atoms with van der Waals surface area (Å²) in [5.41, 5.74) is 4.75. The molecule has 0 saturated heterocycles. The highest BCUT2D eigenvalue weighted by Gasteiger charge is 2.15. The summed E-state index contributed by atoms with van der Waals surface area (Å²) >= 11 is 0. The zero-order valence-corrected chi connectivity index (χ0v) is 9.26. The molecule has 2 heterocycles. The second-order valence-corrected chi connectivity index (χ2v) is 4.44. The van der Waals surface area contributed by atoms with Gasteiger partial charge in [-0.2, -0.15) is 0 Å². The van der Waals surface area contributed by atoms with Crippen LogP contribution in [0.1, 0.15) is 35.4 Å². The normalized spacial score (nSPS) is 15.6. The molecular weight excluding hydrogens is 186 g/mol. The predicted octanol–water partition coefficient (Wildman–Crippen LogP) is 3.32. The van der Waals surface area contributed by atoms with Crippen molar-refractivity contribution in [3.05, 3.63) is 28.6 Å². The molecule has 1 aliphatic carbocycles. The van der Waals surface area contributed by atoms with Crippen LogP contribution in [0.2, 0.25) is 0 Å². The zero-order chi connectivity index (χ0) is 10.4. The standard InChI is InChI=1S/C13H15NO/c1-8-9(2)15-13-11(8)7-10-5-3-4-6-12(10)14-13/h7H,3-6H2,1-2H3. The number of aryl methyl sites for hydroxylation is 4. The predicted molar refractivity (Wildman–Crippen MR) is 60.1 cm³/mol. The van der Waals surface area contributed by atoms with E-state index in [0.717, 1.165) is 17.9 Å². The van der Waals surface area contributed by atoms with Crippen molar-refractivity contribution in [2.24, 2.45) is 0 Å². The molecule has 1 aliphatic rings. The lowest BCUT2D eigenvalue weighted by Gasteiger charge is -2.13. The summed E-state index contributed by atoms with van der Waals surface area (Å²) in [4.78, 5) is 4.63. The second kappa shape index (κ2) is 3.09. The van der Waals surface area contributed by atoms with Gasteiger partial charge in [0.15, 0.2) is 0 Å². The number of pyridine rings is 1. The highest BCUT2D eigenvalue weighted by Crippen LogP contribution is 2.28. The van der Waals surface area contributed by atoms with Gasteiger partial charge in [0.2, 0.25) is 5.71 Å². The molecule has 0 aliphatic heterocycles. The van der Waals surface area contributed by atoms with Gasteiger partial charge in [0.05, 0.1) is 0 Å². The van der Waals surface area contributed by atoms with Crippen molar-refractivity contribution in [1.29, 1.82) is 0 Å². The first-order valence-corrected chi connectivity index (χ1v) is 5.64. The molecular formula is C13H15NO. The summed E-state index contributed by atoms with van der Waals surface area (Å²) in [6, 6.07) is 2.28. The van der Waals surface area contributed by atoms with Gasteiger partial charge in [-0.3, -0.25) is 0 Å². The summed E-state index contributed by atoms with van der Waals surface area (Å²) in [6.45, 7) is 4.12. The van der Waals surface area contributed by atoms with Crippen molar-refractivity contribution in [3.8, 4) is 0 Å². The third-order valence-electron chi connectivity index (χ3n) is 3.45. The Hall–Kier alpha value is -1.31. The Balaban J connectivity index is 2.30. The number of nitrogens with zero attached hydrogens (tertiary/aromatic N) is 1. The van der Waals surface area contributed by atoms with E-state index in [0.29, 0.717) is 0 Å². The zero-order valence-electron chi connectivity index (χ0n) is 9.26. The molecule has 15 heavy (non-hydrogen) atoms. The molecule has 0 radical (unpaired) electrons. The minimum Gasteiger partial charge on any atom is -0.443 e. The maximum atomic E-state index is 5.65. The quantitative estimate of drug-likeness (QED) is 0.653. The van der Waals surface area contributed by atoms with Crippen molar-refractivity contribution >= 4 is 11.1 Å². The number of rotatable bonds is 0. The van der Waals surface area contributed by atoms with Crippen LogP contribution in [0.15, 0.2) is 10.5 Å². The van der Waals surface area contributed by atoms with Crippen LogP contribution in [0.5, 0.6) is 0 Å². The van der Waals surface area contributed by atoms with Gasteiger partial charge in [0.25, 0.3) is 0 Å². The summed E-state index contributed by atoms with van der Waals surface area (Å²) in [7, 11) is 0. The van der Waals surface area contributed by atoms with Crippen molar-refractivity contribution in [1.82, 2.24) is 4.98 Å². The molecule has 2 nitrogen and oxygen atoms in total. The Labute approximate surface area is 89.3 Å². The molecule has 2 heteroatoms. The Morgan fingerprint density at radius 3 is 2.87 bits per heavy atom. The highest BCUT2D eigenvalue weighted by atomic mass is 16.3. The molecule has 0 amide bonds. The Bertz CT molecular complexity index is 525. The smallest absolute Gasteiger partial charge is 0.226 e. The molecule has 0 atom stereocenters. The minimum absolute atomic E-state index is 0.825. The van der Waals surface area contributed by atoms with E-state index in [4.69, 9.17) is 4.42 Å². The lowest BCUT2D eigenvalue weighted by molar-refractivity contribution is 0.559. The fourth-order valence-electron chi connectivity index (χ4n) is 2.37. The first-order chi connectivity index (χ1) is 7.25. The number of hydrogen-bond acceptors (Lipinski definition) is 2. The monoisotopic (exact) mass is 201 g/mol. The fourth-order valence-corrected chi connectivity index (χ4v) is 2.37. The minimum atomic E-state index is 0.825. The maximum Gasteiger partial charge on any atom is 0.226 e. The molecule has 0 unspecified atom stereocenters. The van der Waals surface area contributed by atoms with Gasteiger partial charge in [0.1, 0.15) is 5.76 Å². The molecule has 2 aromatic rings. The van der Waals surface area contributed by atoms with Crippen LogP contribution in [0.3, 0.4) is 0 Å². The van der Waals surface area contributed by atoms with Gasteiger partial charge < -0.3 is 4.42 Å². The number of aromatic nitrogens is 1. The molecule has 2 aromatic heterocycles. The van der Waals surface area contributed by atoms with E-state index in [2.05, 4.69) is 18.0 Å². The van der Waals surface area contributed by atoms with E-state index in [1.807, 2.05) is 6.92 Å². The summed E-state index contributed by atoms with van der Waals surface area (Å²) < 4.78 is 5.65. The molecule has 0 aromatic carbocycles. The molecule has 0 bridgehead atoms. The Morgan fingerprint density at radius 1 is 1.20 bits per heavy atom. The average Bonchev–Trinajstić information content (AvgIpc) is 2.52. The Morgan fingerprint density at radius 2 is 2.00 bits per heavy atom. The SMILES string of the molecule is Cc1oc2nc3c(cc2c1C)CCCC3.